The zero-order chi connectivity index (χ0) is 13.7. The Kier molecular flexibility index (Phi) is 7.13. The third kappa shape index (κ3) is 4.85. The summed E-state index contributed by atoms with van der Waals surface area (Å²) in [6, 6.07) is 7.65. The molecule has 0 aromatic heterocycles. The lowest BCUT2D eigenvalue weighted by atomic mass is 10.2. The van der Waals surface area contributed by atoms with Gasteiger partial charge in [-0.15, -0.1) is 12.4 Å². The van der Waals surface area contributed by atoms with Gasteiger partial charge in [-0.1, -0.05) is 23.7 Å². The number of benzene rings is 1. The minimum Gasteiger partial charge on any atom is -0.491 e. The number of nitrogens with zero attached hydrogens (tertiary/aromatic N) is 1. The average molecular weight is 319 g/mol. The second-order valence-corrected chi connectivity index (χ2v) is 5.13. The molecule has 2 rings (SSSR count). The standard InChI is InChI=1S/C14H19ClN2O2.ClH/c1-11-10-17(8-7-16-11)14(18)6-9-19-13-5-3-2-4-12(13)15;/h2-5,11,16H,6-10H2,1H3;1H. The maximum absolute atomic E-state index is 12.0. The number of carbonyl (C=O) groups is 1. The van der Waals surface area contributed by atoms with Gasteiger partial charge in [0.15, 0.2) is 0 Å². The molecule has 1 unspecified atom stereocenters. The lowest BCUT2D eigenvalue weighted by molar-refractivity contribution is -0.132. The molecule has 1 aromatic rings. The lowest BCUT2D eigenvalue weighted by Crippen LogP contribution is -2.51. The second kappa shape index (κ2) is 8.35. The third-order valence-corrected chi connectivity index (χ3v) is 3.44. The zero-order valence-corrected chi connectivity index (χ0v) is 13.0. The van der Waals surface area contributed by atoms with E-state index < -0.39 is 0 Å². The quantitative estimate of drug-likeness (QED) is 0.926. The van der Waals surface area contributed by atoms with Gasteiger partial charge >= 0.3 is 0 Å². The molecule has 1 aliphatic heterocycles. The number of carbonyl (C=O) groups excluding carboxylic acids is 1. The molecular formula is C14H20Cl2N2O2. The Morgan fingerprint density at radius 1 is 1.50 bits per heavy atom. The van der Waals surface area contributed by atoms with Crippen molar-refractivity contribution in [1.29, 1.82) is 0 Å². The Labute approximate surface area is 130 Å². The normalized spacial score (nSPS) is 18.3. The van der Waals surface area contributed by atoms with Gasteiger partial charge in [-0.05, 0) is 19.1 Å². The number of rotatable bonds is 4. The molecule has 1 N–H and O–H groups in total. The van der Waals surface area contributed by atoms with E-state index in [1.807, 2.05) is 17.0 Å². The molecule has 1 saturated heterocycles. The minimum absolute atomic E-state index is 0. The summed E-state index contributed by atoms with van der Waals surface area (Å²) in [6.45, 7) is 4.85. The summed E-state index contributed by atoms with van der Waals surface area (Å²) in [5.41, 5.74) is 0. The van der Waals surface area contributed by atoms with Crippen LogP contribution in [-0.2, 0) is 4.79 Å². The average Bonchev–Trinajstić information content (AvgIpc) is 2.41. The topological polar surface area (TPSA) is 41.6 Å². The Morgan fingerprint density at radius 2 is 2.25 bits per heavy atom. The predicted octanol–water partition coefficient (Wildman–Crippen LogP) is 2.35. The SMILES string of the molecule is CC1CN(C(=O)CCOc2ccccc2Cl)CCN1.Cl. The molecule has 1 amide bonds. The van der Waals surface area contributed by atoms with Crippen LogP contribution in [0.15, 0.2) is 24.3 Å². The number of piperazine rings is 1. The second-order valence-electron chi connectivity index (χ2n) is 4.72. The summed E-state index contributed by atoms with van der Waals surface area (Å²) in [7, 11) is 0. The van der Waals surface area contributed by atoms with Crippen molar-refractivity contribution in [2.24, 2.45) is 0 Å². The highest BCUT2D eigenvalue weighted by Gasteiger charge is 2.20. The smallest absolute Gasteiger partial charge is 0.226 e. The first-order chi connectivity index (χ1) is 9.16. The molecule has 112 valence electrons. The van der Waals surface area contributed by atoms with Gasteiger partial charge < -0.3 is 15.0 Å². The van der Waals surface area contributed by atoms with Crippen molar-refractivity contribution in [3.05, 3.63) is 29.3 Å². The summed E-state index contributed by atoms with van der Waals surface area (Å²) < 4.78 is 5.53. The Bertz CT molecular complexity index is 443. The number of ether oxygens (including phenoxy) is 1. The monoisotopic (exact) mass is 318 g/mol. The van der Waals surface area contributed by atoms with E-state index in [2.05, 4.69) is 12.2 Å². The number of para-hydroxylation sites is 1. The van der Waals surface area contributed by atoms with E-state index >= 15 is 0 Å². The predicted molar refractivity (Wildman–Crippen MR) is 82.9 cm³/mol. The number of amides is 1. The summed E-state index contributed by atoms with van der Waals surface area (Å²) in [5, 5.41) is 3.89. The summed E-state index contributed by atoms with van der Waals surface area (Å²) in [4.78, 5) is 13.9. The maximum atomic E-state index is 12.0. The van der Waals surface area contributed by atoms with E-state index in [1.54, 1.807) is 12.1 Å². The van der Waals surface area contributed by atoms with Crippen LogP contribution < -0.4 is 10.1 Å². The molecule has 20 heavy (non-hydrogen) atoms. The molecular weight excluding hydrogens is 299 g/mol. The van der Waals surface area contributed by atoms with Gasteiger partial charge in [-0.3, -0.25) is 4.79 Å². The highest BCUT2D eigenvalue weighted by Crippen LogP contribution is 2.23. The van der Waals surface area contributed by atoms with Crippen molar-refractivity contribution in [3.8, 4) is 5.75 Å². The van der Waals surface area contributed by atoms with Crippen LogP contribution in [0.25, 0.3) is 0 Å². The molecule has 1 heterocycles. The third-order valence-electron chi connectivity index (χ3n) is 3.13. The van der Waals surface area contributed by atoms with Crippen molar-refractivity contribution >= 4 is 29.9 Å². The Balaban J connectivity index is 0.00000200. The van der Waals surface area contributed by atoms with Gasteiger partial charge in [0.05, 0.1) is 18.1 Å². The number of hydrogen-bond acceptors (Lipinski definition) is 3. The molecule has 1 aliphatic rings. The molecule has 0 spiro atoms. The van der Waals surface area contributed by atoms with Gasteiger partial charge in [0, 0.05) is 25.7 Å². The molecule has 6 heteroatoms. The van der Waals surface area contributed by atoms with Crippen LogP contribution in [-0.4, -0.2) is 43.1 Å². The maximum Gasteiger partial charge on any atom is 0.226 e. The van der Waals surface area contributed by atoms with Gasteiger partial charge in [-0.25, -0.2) is 0 Å². The zero-order valence-electron chi connectivity index (χ0n) is 11.5. The lowest BCUT2D eigenvalue weighted by Gasteiger charge is -2.31. The first kappa shape index (κ1) is 17.1. The highest BCUT2D eigenvalue weighted by atomic mass is 35.5. The molecule has 1 aromatic carbocycles. The van der Waals surface area contributed by atoms with Crippen LogP contribution in [0.2, 0.25) is 5.02 Å². The number of hydrogen-bond donors (Lipinski definition) is 1. The van der Waals surface area contributed by atoms with Crippen molar-refractivity contribution < 1.29 is 9.53 Å². The Hall–Kier alpha value is -0.970. The first-order valence-electron chi connectivity index (χ1n) is 6.55. The van der Waals surface area contributed by atoms with Gasteiger partial charge in [0.2, 0.25) is 5.91 Å². The van der Waals surface area contributed by atoms with E-state index in [4.69, 9.17) is 16.3 Å². The molecule has 1 atom stereocenters. The summed E-state index contributed by atoms with van der Waals surface area (Å²) in [5.74, 6) is 0.769. The van der Waals surface area contributed by atoms with E-state index in [1.165, 1.54) is 0 Å². The van der Waals surface area contributed by atoms with Gasteiger partial charge in [0.25, 0.3) is 0 Å². The Morgan fingerprint density at radius 3 is 2.95 bits per heavy atom. The van der Waals surface area contributed by atoms with Gasteiger partial charge in [-0.2, -0.15) is 0 Å². The van der Waals surface area contributed by atoms with Crippen LogP contribution in [0.3, 0.4) is 0 Å². The fraction of sp³-hybridized carbons (Fsp3) is 0.500. The first-order valence-corrected chi connectivity index (χ1v) is 6.93. The van der Waals surface area contributed by atoms with Crippen LogP contribution in [0.4, 0.5) is 0 Å². The summed E-state index contributed by atoms with van der Waals surface area (Å²) >= 11 is 5.98. The molecule has 0 bridgehead atoms. The largest absolute Gasteiger partial charge is 0.491 e. The molecule has 0 aliphatic carbocycles. The fourth-order valence-electron chi connectivity index (χ4n) is 2.13. The van der Waals surface area contributed by atoms with Crippen molar-refractivity contribution in [1.82, 2.24) is 10.2 Å². The summed E-state index contributed by atoms with van der Waals surface area (Å²) in [6.07, 6.45) is 0.387. The van der Waals surface area contributed by atoms with Crippen molar-refractivity contribution in [2.75, 3.05) is 26.2 Å². The van der Waals surface area contributed by atoms with Crippen LogP contribution in [0.5, 0.6) is 5.75 Å². The number of nitrogens with one attached hydrogen (secondary N) is 1. The van der Waals surface area contributed by atoms with Crippen LogP contribution >= 0.6 is 24.0 Å². The van der Waals surface area contributed by atoms with Crippen molar-refractivity contribution in [3.63, 3.8) is 0 Å². The highest BCUT2D eigenvalue weighted by molar-refractivity contribution is 6.32. The molecule has 4 nitrogen and oxygen atoms in total. The number of halogens is 2. The van der Waals surface area contributed by atoms with E-state index in [0.29, 0.717) is 29.8 Å². The fourth-order valence-corrected chi connectivity index (χ4v) is 2.32. The van der Waals surface area contributed by atoms with Crippen molar-refractivity contribution in [2.45, 2.75) is 19.4 Å². The minimum atomic E-state index is 0. The van der Waals surface area contributed by atoms with E-state index in [0.717, 1.165) is 19.6 Å². The molecule has 0 radical (unpaired) electrons. The van der Waals surface area contributed by atoms with Gasteiger partial charge in [0.1, 0.15) is 5.75 Å². The van der Waals surface area contributed by atoms with E-state index in [9.17, 15) is 4.79 Å². The van der Waals surface area contributed by atoms with Crippen LogP contribution in [0, 0.1) is 0 Å². The molecule has 1 fully saturated rings. The van der Waals surface area contributed by atoms with Crippen LogP contribution in [0.1, 0.15) is 13.3 Å². The van der Waals surface area contributed by atoms with E-state index in [-0.39, 0.29) is 18.3 Å². The molecule has 0 saturated carbocycles.